The highest BCUT2D eigenvalue weighted by Gasteiger charge is 2.48. The molecule has 2 rings (SSSR count). The lowest BCUT2D eigenvalue weighted by Gasteiger charge is -2.04. The second kappa shape index (κ2) is 3.42. The minimum absolute atomic E-state index is 0.119. The first kappa shape index (κ1) is 11.3. The van der Waals surface area contributed by atoms with Crippen molar-refractivity contribution in [1.82, 2.24) is 0 Å². The summed E-state index contributed by atoms with van der Waals surface area (Å²) in [6.07, 6.45) is -3.92. The van der Waals surface area contributed by atoms with Crippen LogP contribution in [0.25, 0.3) is 0 Å². The van der Waals surface area contributed by atoms with Gasteiger partial charge in [-0.2, -0.15) is 0 Å². The highest BCUT2D eigenvalue weighted by Crippen LogP contribution is 2.52. The Morgan fingerprint density at radius 2 is 2.12 bits per heavy atom. The van der Waals surface area contributed by atoms with Gasteiger partial charge in [0.1, 0.15) is 4.47 Å². The zero-order valence-corrected chi connectivity index (χ0v) is 9.51. The molecule has 1 heterocycles. The first-order valence-corrected chi connectivity index (χ1v) is 4.91. The molecule has 0 amide bonds. The molecule has 0 unspecified atom stereocenters. The summed E-state index contributed by atoms with van der Waals surface area (Å²) in [7, 11) is 0. The third-order valence-corrected chi connectivity index (χ3v) is 3.08. The molecule has 9 heteroatoms. The molecule has 16 heavy (non-hydrogen) atoms. The molecule has 1 aromatic rings. The van der Waals surface area contributed by atoms with E-state index in [1.807, 2.05) is 0 Å². The summed E-state index contributed by atoms with van der Waals surface area (Å²) in [6.45, 7) is 0. The van der Waals surface area contributed by atoms with Crippen molar-refractivity contribution in [2.24, 2.45) is 0 Å². The van der Waals surface area contributed by atoms with Gasteiger partial charge in [0.25, 0.3) is 5.75 Å². The molecule has 0 atom stereocenters. The zero-order valence-electron chi connectivity index (χ0n) is 7.17. The number of rotatable bonds is 1. The van der Waals surface area contributed by atoms with Gasteiger partial charge in [0.05, 0.1) is 9.95 Å². The van der Waals surface area contributed by atoms with Crippen LogP contribution in [0.15, 0.2) is 10.5 Å². The fourth-order valence-corrected chi connectivity index (χ4v) is 1.81. The highest BCUT2D eigenvalue weighted by molar-refractivity contribution is 9.10. The maximum atomic E-state index is 12.7. The minimum atomic E-state index is -3.92. The van der Waals surface area contributed by atoms with Crippen LogP contribution in [0.4, 0.5) is 14.5 Å². The van der Waals surface area contributed by atoms with Crippen LogP contribution in [0.3, 0.4) is 0 Å². The quantitative estimate of drug-likeness (QED) is 0.589. The third-order valence-electron chi connectivity index (χ3n) is 1.75. The van der Waals surface area contributed by atoms with E-state index in [2.05, 4.69) is 25.4 Å². The van der Waals surface area contributed by atoms with Crippen LogP contribution >= 0.6 is 27.5 Å². The number of fused-ring (bicyclic) bond motifs is 1. The fourth-order valence-electron chi connectivity index (χ4n) is 1.18. The topological polar surface area (TPSA) is 61.6 Å². The van der Waals surface area contributed by atoms with Crippen molar-refractivity contribution in [3.8, 4) is 11.5 Å². The molecule has 0 radical (unpaired) electrons. The second-order valence-electron chi connectivity index (χ2n) is 2.77. The van der Waals surface area contributed by atoms with Gasteiger partial charge in [-0.3, -0.25) is 10.1 Å². The number of nitro groups is 1. The molecule has 86 valence electrons. The van der Waals surface area contributed by atoms with E-state index in [4.69, 9.17) is 11.6 Å². The maximum absolute atomic E-state index is 12.7. The van der Waals surface area contributed by atoms with Gasteiger partial charge in [-0.05, 0) is 15.9 Å². The summed E-state index contributed by atoms with van der Waals surface area (Å²) < 4.78 is 33.4. The molecule has 0 aromatic heterocycles. The normalized spacial score (nSPS) is 16.2. The first-order valence-electron chi connectivity index (χ1n) is 3.74. The van der Waals surface area contributed by atoms with Gasteiger partial charge in [0.15, 0.2) is 5.75 Å². The molecule has 5 nitrogen and oxygen atoms in total. The lowest BCUT2D eigenvalue weighted by Crippen LogP contribution is -2.26. The number of benzene rings is 1. The average Bonchev–Trinajstić information content (AvgIpc) is 2.40. The number of halogens is 4. The van der Waals surface area contributed by atoms with Crippen molar-refractivity contribution in [1.29, 1.82) is 0 Å². The van der Waals surface area contributed by atoms with Crippen LogP contribution in [-0.2, 0) is 0 Å². The van der Waals surface area contributed by atoms with E-state index in [9.17, 15) is 18.9 Å². The molecular weight excluding hydrogens is 315 g/mol. The van der Waals surface area contributed by atoms with Crippen LogP contribution in [0.5, 0.6) is 11.5 Å². The molecule has 0 aliphatic carbocycles. The van der Waals surface area contributed by atoms with Gasteiger partial charge < -0.3 is 9.47 Å². The molecule has 0 spiro atoms. The van der Waals surface area contributed by atoms with Crippen LogP contribution in [0.1, 0.15) is 0 Å². The van der Waals surface area contributed by atoms with Crippen molar-refractivity contribution in [2.45, 2.75) is 6.29 Å². The molecule has 1 aliphatic heterocycles. The Labute approximate surface area is 100 Å². The number of alkyl halides is 2. The van der Waals surface area contributed by atoms with Crippen LogP contribution in [0.2, 0.25) is 5.02 Å². The van der Waals surface area contributed by atoms with Crippen LogP contribution in [-0.4, -0.2) is 11.2 Å². The van der Waals surface area contributed by atoms with E-state index in [0.29, 0.717) is 0 Å². The van der Waals surface area contributed by atoms with Gasteiger partial charge >= 0.3 is 12.0 Å². The van der Waals surface area contributed by atoms with Gasteiger partial charge in [0.2, 0.25) is 0 Å². The molecular formula is C7HBrClF2NO4. The van der Waals surface area contributed by atoms with Gasteiger partial charge in [-0.25, -0.2) is 0 Å². The van der Waals surface area contributed by atoms with Crippen molar-refractivity contribution in [3.63, 3.8) is 0 Å². The number of hydrogen-bond acceptors (Lipinski definition) is 4. The van der Waals surface area contributed by atoms with Crippen LogP contribution < -0.4 is 9.47 Å². The number of ether oxygens (including phenoxy) is 2. The molecule has 0 saturated heterocycles. The number of nitrogens with zero attached hydrogens (tertiary/aromatic N) is 1. The Morgan fingerprint density at radius 1 is 1.50 bits per heavy atom. The van der Waals surface area contributed by atoms with E-state index in [1.165, 1.54) is 0 Å². The molecule has 0 bridgehead atoms. The zero-order chi connectivity index (χ0) is 12.1. The molecule has 0 saturated carbocycles. The maximum Gasteiger partial charge on any atom is 0.586 e. The summed E-state index contributed by atoms with van der Waals surface area (Å²) in [6, 6.07) is 1.01. The minimum Gasteiger partial charge on any atom is -0.395 e. The Balaban J connectivity index is 2.68. The summed E-state index contributed by atoms with van der Waals surface area (Å²) in [5, 5.41) is 10.6. The van der Waals surface area contributed by atoms with E-state index < -0.39 is 28.4 Å². The Kier molecular flexibility index (Phi) is 2.43. The summed E-state index contributed by atoms with van der Waals surface area (Å²) in [5.41, 5.74) is -0.695. The van der Waals surface area contributed by atoms with E-state index in [-0.39, 0.29) is 9.50 Å². The third kappa shape index (κ3) is 1.67. The van der Waals surface area contributed by atoms with Gasteiger partial charge in [0, 0.05) is 6.07 Å². The van der Waals surface area contributed by atoms with Crippen molar-refractivity contribution >= 4 is 33.2 Å². The smallest absolute Gasteiger partial charge is 0.395 e. The van der Waals surface area contributed by atoms with E-state index in [0.717, 1.165) is 6.07 Å². The fraction of sp³-hybridized carbons (Fsp3) is 0.143. The largest absolute Gasteiger partial charge is 0.586 e. The van der Waals surface area contributed by atoms with Crippen LogP contribution in [0, 0.1) is 10.1 Å². The van der Waals surface area contributed by atoms with Crippen molar-refractivity contribution in [2.75, 3.05) is 0 Å². The van der Waals surface area contributed by atoms with Crippen molar-refractivity contribution < 1.29 is 23.2 Å². The van der Waals surface area contributed by atoms with Crippen molar-refractivity contribution in [3.05, 3.63) is 25.7 Å². The SMILES string of the molecule is O=[N+]([O-])c1c(Br)c(Cl)cc2c1OC(F)(F)O2. The summed E-state index contributed by atoms with van der Waals surface area (Å²) >= 11 is 8.42. The molecule has 0 fully saturated rings. The standard InChI is InChI=1S/C7HBrClF2NO4/c8-4-2(9)1-3-6(5(4)12(13)14)16-7(10,11)15-3/h1H. The average molecular weight is 316 g/mol. The Bertz CT molecular complexity index is 496. The lowest BCUT2D eigenvalue weighted by molar-refractivity contribution is -0.388. The Hall–Kier alpha value is -1.15. The molecule has 1 aliphatic rings. The van der Waals surface area contributed by atoms with E-state index in [1.54, 1.807) is 0 Å². The van der Waals surface area contributed by atoms with Gasteiger partial charge in [-0.15, -0.1) is 8.78 Å². The predicted molar refractivity (Wildman–Crippen MR) is 52.0 cm³/mol. The summed E-state index contributed by atoms with van der Waals surface area (Å²) in [5.74, 6) is -1.11. The monoisotopic (exact) mass is 315 g/mol. The Morgan fingerprint density at radius 3 is 2.69 bits per heavy atom. The lowest BCUT2D eigenvalue weighted by atomic mass is 10.3. The summed E-state index contributed by atoms with van der Waals surface area (Å²) in [4.78, 5) is 9.79. The van der Waals surface area contributed by atoms with E-state index >= 15 is 0 Å². The highest BCUT2D eigenvalue weighted by atomic mass is 79.9. The van der Waals surface area contributed by atoms with Gasteiger partial charge in [-0.1, -0.05) is 11.6 Å². The molecule has 0 N–H and O–H groups in total. The number of hydrogen-bond donors (Lipinski definition) is 0. The molecule has 1 aromatic carbocycles. The second-order valence-corrected chi connectivity index (χ2v) is 3.97. The predicted octanol–water partition coefficient (Wildman–Crippen LogP) is 3.33. The number of nitro benzene ring substituents is 1. The first-order chi connectivity index (χ1) is 7.32.